The van der Waals surface area contributed by atoms with E-state index in [0.29, 0.717) is 23.6 Å². The SMILES string of the molecule is CCOC(=O)c1c(/N=C(/Nc2ccccc2)N2CCCC2)sc2c1CC(c1ccccc1)N(C)C2c1ccccc1. The largest absolute Gasteiger partial charge is 0.462 e. The summed E-state index contributed by atoms with van der Waals surface area (Å²) in [4.78, 5) is 24.8. The molecule has 0 saturated carbocycles. The van der Waals surface area contributed by atoms with Crippen LogP contribution < -0.4 is 5.32 Å². The molecule has 0 aliphatic carbocycles. The Hall–Kier alpha value is -3.94. The summed E-state index contributed by atoms with van der Waals surface area (Å²) in [7, 11) is 2.19. The van der Waals surface area contributed by atoms with Gasteiger partial charge in [0.25, 0.3) is 0 Å². The van der Waals surface area contributed by atoms with E-state index in [2.05, 4.69) is 70.7 Å². The molecule has 210 valence electrons. The average Bonchev–Trinajstić information content (AvgIpc) is 3.66. The monoisotopic (exact) mass is 564 g/mol. The number of carbonyl (C=O) groups is 1. The third kappa shape index (κ3) is 5.65. The molecule has 3 heterocycles. The van der Waals surface area contributed by atoms with Gasteiger partial charge in [-0.15, -0.1) is 11.3 Å². The van der Waals surface area contributed by atoms with Crippen molar-refractivity contribution in [1.29, 1.82) is 0 Å². The van der Waals surface area contributed by atoms with Gasteiger partial charge < -0.3 is 15.0 Å². The number of ether oxygens (including phenoxy) is 1. The number of nitrogens with one attached hydrogen (secondary N) is 1. The van der Waals surface area contributed by atoms with Crippen LogP contribution in [-0.4, -0.2) is 48.5 Å². The van der Waals surface area contributed by atoms with Crippen molar-refractivity contribution in [1.82, 2.24) is 9.80 Å². The van der Waals surface area contributed by atoms with Crippen molar-refractivity contribution >= 4 is 34.0 Å². The van der Waals surface area contributed by atoms with Crippen LogP contribution in [0.25, 0.3) is 0 Å². The van der Waals surface area contributed by atoms with Crippen molar-refractivity contribution in [3.63, 3.8) is 0 Å². The van der Waals surface area contributed by atoms with Gasteiger partial charge in [0.2, 0.25) is 5.96 Å². The Labute approximate surface area is 246 Å². The first-order valence-corrected chi connectivity index (χ1v) is 15.3. The van der Waals surface area contributed by atoms with Gasteiger partial charge in [-0.05, 0) is 62.1 Å². The number of nitrogens with zero attached hydrogens (tertiary/aromatic N) is 3. The molecule has 41 heavy (non-hydrogen) atoms. The maximum absolute atomic E-state index is 13.7. The van der Waals surface area contributed by atoms with Crippen LogP contribution in [0.5, 0.6) is 0 Å². The number of hydrogen-bond donors (Lipinski definition) is 1. The van der Waals surface area contributed by atoms with Gasteiger partial charge in [0.05, 0.1) is 12.6 Å². The van der Waals surface area contributed by atoms with Crippen molar-refractivity contribution in [3.05, 3.63) is 118 Å². The number of aliphatic imine (C=N–C) groups is 1. The Balaban J connectivity index is 1.52. The van der Waals surface area contributed by atoms with Gasteiger partial charge in [-0.2, -0.15) is 0 Å². The number of carbonyl (C=O) groups excluding carboxylic acids is 1. The Kier molecular flexibility index (Phi) is 8.16. The fourth-order valence-electron chi connectivity index (χ4n) is 5.99. The van der Waals surface area contributed by atoms with E-state index in [1.165, 1.54) is 11.1 Å². The van der Waals surface area contributed by atoms with Crippen LogP contribution in [0.1, 0.15) is 63.8 Å². The first kappa shape index (κ1) is 27.2. The highest BCUT2D eigenvalue weighted by Crippen LogP contribution is 2.50. The number of para-hydroxylation sites is 1. The number of benzene rings is 3. The molecular formula is C34H36N4O2S. The summed E-state index contributed by atoms with van der Waals surface area (Å²) in [6, 6.07) is 31.4. The number of fused-ring (bicyclic) bond motifs is 1. The van der Waals surface area contributed by atoms with Crippen molar-refractivity contribution in [2.45, 2.75) is 38.3 Å². The van der Waals surface area contributed by atoms with Gasteiger partial charge in [0.15, 0.2) is 0 Å². The molecule has 4 aromatic rings. The average molecular weight is 565 g/mol. The molecule has 2 aliphatic heterocycles. The second kappa shape index (κ2) is 12.3. The summed E-state index contributed by atoms with van der Waals surface area (Å²) in [6.07, 6.45) is 2.96. The maximum atomic E-state index is 13.7. The molecule has 2 atom stereocenters. The van der Waals surface area contributed by atoms with Gasteiger partial charge in [0.1, 0.15) is 10.6 Å². The van der Waals surface area contributed by atoms with Gasteiger partial charge in [0, 0.05) is 29.7 Å². The lowest BCUT2D eigenvalue weighted by atomic mass is 9.86. The zero-order chi connectivity index (χ0) is 28.2. The summed E-state index contributed by atoms with van der Waals surface area (Å²) in [5.41, 5.74) is 5.06. The smallest absolute Gasteiger partial charge is 0.341 e. The maximum Gasteiger partial charge on any atom is 0.341 e. The molecule has 1 N–H and O–H groups in total. The quantitative estimate of drug-likeness (QED) is 0.150. The van der Waals surface area contributed by atoms with E-state index in [9.17, 15) is 4.79 Å². The third-order valence-electron chi connectivity index (χ3n) is 7.99. The molecule has 1 fully saturated rings. The van der Waals surface area contributed by atoms with Crippen LogP contribution >= 0.6 is 11.3 Å². The predicted molar refractivity (Wildman–Crippen MR) is 167 cm³/mol. The van der Waals surface area contributed by atoms with E-state index in [0.717, 1.165) is 48.0 Å². The first-order chi connectivity index (χ1) is 20.1. The normalized spacial score (nSPS) is 19.2. The lowest BCUT2D eigenvalue weighted by Gasteiger charge is -2.40. The van der Waals surface area contributed by atoms with Crippen LogP contribution in [-0.2, 0) is 11.2 Å². The molecule has 2 unspecified atom stereocenters. The summed E-state index contributed by atoms with van der Waals surface area (Å²) < 4.78 is 5.68. The van der Waals surface area contributed by atoms with E-state index >= 15 is 0 Å². The Morgan fingerprint density at radius 2 is 1.54 bits per heavy atom. The molecule has 0 amide bonds. The van der Waals surface area contributed by atoms with Crippen LogP contribution in [0.2, 0.25) is 0 Å². The molecule has 0 bridgehead atoms. The van der Waals surface area contributed by atoms with Gasteiger partial charge in [-0.1, -0.05) is 78.9 Å². The van der Waals surface area contributed by atoms with E-state index in [1.807, 2.05) is 49.4 Å². The molecule has 0 spiro atoms. The van der Waals surface area contributed by atoms with E-state index in [4.69, 9.17) is 9.73 Å². The Morgan fingerprint density at radius 3 is 2.17 bits per heavy atom. The van der Waals surface area contributed by atoms with Gasteiger partial charge in [-0.25, -0.2) is 9.79 Å². The molecule has 1 saturated heterocycles. The summed E-state index contributed by atoms with van der Waals surface area (Å²) in [6.45, 7) is 4.05. The summed E-state index contributed by atoms with van der Waals surface area (Å²) >= 11 is 1.62. The van der Waals surface area contributed by atoms with E-state index in [-0.39, 0.29) is 18.1 Å². The highest BCUT2D eigenvalue weighted by Gasteiger charge is 2.39. The standard InChI is InChI=1S/C34H36N4O2S/c1-3-40-33(39)29-27-23-28(24-15-7-4-8-16-24)37(2)30(25-17-9-5-10-18-25)31(27)41-32(29)36-34(38-21-13-14-22-38)35-26-19-11-6-12-20-26/h4-12,15-20,28,30H,3,13-14,21-23H2,1-2H3,(H,35,36). The highest BCUT2D eigenvalue weighted by atomic mass is 32.1. The summed E-state index contributed by atoms with van der Waals surface area (Å²) in [5, 5.41) is 4.26. The van der Waals surface area contributed by atoms with Gasteiger partial charge >= 0.3 is 5.97 Å². The molecule has 3 aromatic carbocycles. The Morgan fingerprint density at radius 1 is 0.927 bits per heavy atom. The number of likely N-dealkylation sites (tertiary alicyclic amines) is 1. The molecule has 1 aromatic heterocycles. The van der Waals surface area contributed by atoms with Crippen molar-refractivity contribution < 1.29 is 9.53 Å². The second-order valence-corrected chi connectivity index (χ2v) is 11.6. The Bertz CT molecular complexity index is 1500. The predicted octanol–water partition coefficient (Wildman–Crippen LogP) is 7.44. The molecule has 6 rings (SSSR count). The zero-order valence-electron chi connectivity index (χ0n) is 23.6. The highest BCUT2D eigenvalue weighted by molar-refractivity contribution is 7.16. The molecule has 0 radical (unpaired) electrons. The minimum atomic E-state index is -0.299. The second-order valence-electron chi connectivity index (χ2n) is 10.6. The number of rotatable bonds is 6. The molecule has 7 heteroatoms. The van der Waals surface area contributed by atoms with Crippen LogP contribution in [0, 0.1) is 0 Å². The number of guanidine groups is 1. The van der Waals surface area contributed by atoms with E-state index < -0.39 is 0 Å². The lowest BCUT2D eigenvalue weighted by Crippen LogP contribution is -2.35. The number of hydrogen-bond acceptors (Lipinski definition) is 5. The minimum absolute atomic E-state index is 0.00963. The topological polar surface area (TPSA) is 57.2 Å². The fraction of sp³-hybridized carbons (Fsp3) is 0.294. The van der Waals surface area contributed by atoms with Crippen molar-refractivity contribution in [2.75, 3.05) is 32.1 Å². The van der Waals surface area contributed by atoms with Crippen LogP contribution in [0.15, 0.2) is 96.0 Å². The molecule has 6 nitrogen and oxygen atoms in total. The first-order valence-electron chi connectivity index (χ1n) is 14.4. The zero-order valence-corrected chi connectivity index (χ0v) is 24.4. The van der Waals surface area contributed by atoms with Crippen LogP contribution in [0.4, 0.5) is 10.7 Å². The number of likely N-dealkylation sites (N-methyl/N-ethyl adjacent to an activating group) is 1. The third-order valence-corrected chi connectivity index (χ3v) is 9.16. The van der Waals surface area contributed by atoms with Gasteiger partial charge in [-0.3, -0.25) is 4.90 Å². The van der Waals surface area contributed by atoms with Crippen molar-refractivity contribution in [3.8, 4) is 0 Å². The van der Waals surface area contributed by atoms with Crippen LogP contribution in [0.3, 0.4) is 0 Å². The van der Waals surface area contributed by atoms with Crippen molar-refractivity contribution in [2.24, 2.45) is 4.99 Å². The number of thiophene rings is 1. The number of anilines is 1. The molecule has 2 aliphatic rings. The fourth-order valence-corrected chi connectivity index (χ4v) is 7.36. The molecular weight excluding hydrogens is 528 g/mol. The lowest BCUT2D eigenvalue weighted by molar-refractivity contribution is 0.0525. The summed E-state index contributed by atoms with van der Waals surface area (Å²) in [5.74, 6) is 0.481. The van der Waals surface area contributed by atoms with E-state index in [1.54, 1.807) is 11.3 Å². The minimum Gasteiger partial charge on any atom is -0.462 e. The number of esters is 1.